The Bertz CT molecular complexity index is 1290. The van der Waals surface area contributed by atoms with E-state index in [9.17, 15) is 8.42 Å². The highest BCUT2D eigenvalue weighted by molar-refractivity contribution is 7.92. The molecule has 4 N–H and O–H groups in total. The first kappa shape index (κ1) is 21.6. The van der Waals surface area contributed by atoms with Crippen LogP contribution in [0.15, 0.2) is 65.6 Å². The molecule has 1 saturated carbocycles. The van der Waals surface area contributed by atoms with E-state index >= 15 is 0 Å². The standard InChI is InChI=1S/C25H25N3O3S/c1-27-20-12-14-22(15-13-20)32(29,30)28-21-10-4-17(5-11-21)3-6-18-9-16-23(26)25(31-2)24(18)19-7-8-19/h4-5,9-16,19,27-28H,7-8,26H2,1-2H3. The van der Waals surface area contributed by atoms with Gasteiger partial charge in [-0.15, -0.1) is 0 Å². The molecule has 0 saturated heterocycles. The lowest BCUT2D eigenvalue weighted by Gasteiger charge is -2.12. The van der Waals surface area contributed by atoms with Crippen molar-refractivity contribution in [2.75, 3.05) is 29.9 Å². The fourth-order valence-corrected chi connectivity index (χ4v) is 4.57. The second-order valence-corrected chi connectivity index (χ2v) is 9.31. The number of nitrogens with two attached hydrogens (primary N) is 1. The van der Waals surface area contributed by atoms with Crippen LogP contribution in [0.5, 0.6) is 5.75 Å². The maximum atomic E-state index is 12.6. The average molecular weight is 448 g/mol. The van der Waals surface area contributed by atoms with Crippen molar-refractivity contribution in [2.24, 2.45) is 0 Å². The minimum Gasteiger partial charge on any atom is -0.494 e. The Morgan fingerprint density at radius 1 is 0.938 bits per heavy atom. The van der Waals surface area contributed by atoms with E-state index < -0.39 is 10.0 Å². The summed E-state index contributed by atoms with van der Waals surface area (Å²) < 4.78 is 33.3. The fraction of sp³-hybridized carbons (Fsp3) is 0.200. The molecular weight excluding hydrogens is 422 g/mol. The van der Waals surface area contributed by atoms with Crippen LogP contribution in [0.2, 0.25) is 0 Å². The van der Waals surface area contributed by atoms with Crippen LogP contribution in [-0.4, -0.2) is 22.6 Å². The van der Waals surface area contributed by atoms with E-state index in [1.54, 1.807) is 62.7 Å². The molecule has 32 heavy (non-hydrogen) atoms. The highest BCUT2D eigenvalue weighted by Crippen LogP contribution is 2.47. The molecule has 0 radical (unpaired) electrons. The van der Waals surface area contributed by atoms with Crippen LogP contribution in [0.4, 0.5) is 17.1 Å². The Hall–Kier alpha value is -3.63. The number of benzene rings is 3. The zero-order chi connectivity index (χ0) is 22.7. The Balaban J connectivity index is 1.53. The molecule has 0 aliphatic heterocycles. The second-order valence-electron chi connectivity index (χ2n) is 7.63. The number of sulfonamides is 1. The third kappa shape index (κ3) is 4.66. The molecule has 4 rings (SSSR count). The number of methoxy groups -OCH3 is 1. The number of anilines is 3. The van der Waals surface area contributed by atoms with Crippen LogP contribution in [-0.2, 0) is 10.0 Å². The van der Waals surface area contributed by atoms with Gasteiger partial charge in [0.25, 0.3) is 10.0 Å². The summed E-state index contributed by atoms with van der Waals surface area (Å²) in [6, 6.07) is 17.3. The van der Waals surface area contributed by atoms with Gasteiger partial charge >= 0.3 is 0 Å². The predicted molar refractivity (Wildman–Crippen MR) is 129 cm³/mol. The zero-order valence-corrected chi connectivity index (χ0v) is 18.8. The topological polar surface area (TPSA) is 93.5 Å². The highest BCUT2D eigenvalue weighted by Gasteiger charge is 2.30. The van der Waals surface area contributed by atoms with E-state index in [1.807, 2.05) is 12.1 Å². The summed E-state index contributed by atoms with van der Waals surface area (Å²) in [5.41, 5.74) is 10.8. The average Bonchev–Trinajstić information content (AvgIpc) is 3.64. The van der Waals surface area contributed by atoms with Crippen LogP contribution >= 0.6 is 0 Å². The van der Waals surface area contributed by atoms with Gasteiger partial charge in [-0.1, -0.05) is 11.8 Å². The normalized spacial score (nSPS) is 13.1. The first-order chi connectivity index (χ1) is 15.4. The van der Waals surface area contributed by atoms with Gasteiger partial charge in [-0.05, 0) is 79.4 Å². The minimum atomic E-state index is -3.67. The number of nitrogens with one attached hydrogen (secondary N) is 2. The lowest BCUT2D eigenvalue weighted by molar-refractivity contribution is 0.412. The van der Waals surface area contributed by atoms with Gasteiger partial charge < -0.3 is 15.8 Å². The van der Waals surface area contributed by atoms with E-state index in [1.165, 1.54) is 0 Å². The molecule has 0 aromatic heterocycles. The first-order valence-electron chi connectivity index (χ1n) is 10.3. The maximum absolute atomic E-state index is 12.6. The molecule has 3 aromatic rings. The maximum Gasteiger partial charge on any atom is 0.261 e. The molecule has 1 aliphatic rings. The molecule has 0 unspecified atom stereocenters. The van der Waals surface area contributed by atoms with Crippen molar-refractivity contribution in [2.45, 2.75) is 23.7 Å². The summed E-state index contributed by atoms with van der Waals surface area (Å²) in [5.74, 6) is 7.54. The minimum absolute atomic E-state index is 0.199. The molecule has 3 aromatic carbocycles. The van der Waals surface area contributed by atoms with Crippen molar-refractivity contribution >= 4 is 27.1 Å². The van der Waals surface area contributed by atoms with Crippen LogP contribution < -0.4 is 20.5 Å². The van der Waals surface area contributed by atoms with Crippen LogP contribution in [0.3, 0.4) is 0 Å². The SMILES string of the molecule is CNc1ccc(S(=O)(=O)Nc2ccc(C#Cc3ccc(N)c(OC)c3C3CC3)cc2)cc1. The van der Waals surface area contributed by atoms with Crippen LogP contribution in [0.1, 0.15) is 35.4 Å². The van der Waals surface area contributed by atoms with Crippen molar-refractivity contribution in [1.29, 1.82) is 0 Å². The van der Waals surface area contributed by atoms with Crippen molar-refractivity contribution in [1.82, 2.24) is 0 Å². The van der Waals surface area contributed by atoms with E-state index in [2.05, 4.69) is 21.9 Å². The van der Waals surface area contributed by atoms with Gasteiger partial charge in [0.1, 0.15) is 5.75 Å². The van der Waals surface area contributed by atoms with Crippen molar-refractivity contribution in [3.8, 4) is 17.6 Å². The Morgan fingerprint density at radius 2 is 1.59 bits per heavy atom. The second kappa shape index (κ2) is 8.85. The molecule has 0 spiro atoms. The molecule has 1 aliphatic carbocycles. The van der Waals surface area contributed by atoms with Gasteiger partial charge in [0, 0.05) is 35.1 Å². The molecule has 6 nitrogen and oxygen atoms in total. The smallest absolute Gasteiger partial charge is 0.261 e. The number of hydrogen-bond acceptors (Lipinski definition) is 5. The van der Waals surface area contributed by atoms with Crippen molar-refractivity contribution < 1.29 is 13.2 Å². The van der Waals surface area contributed by atoms with Crippen molar-refractivity contribution in [3.05, 3.63) is 77.4 Å². The summed E-state index contributed by atoms with van der Waals surface area (Å²) in [7, 11) is -0.257. The van der Waals surface area contributed by atoms with Gasteiger partial charge in [-0.25, -0.2) is 8.42 Å². The monoisotopic (exact) mass is 447 g/mol. The lowest BCUT2D eigenvalue weighted by Crippen LogP contribution is -2.12. The highest BCUT2D eigenvalue weighted by atomic mass is 32.2. The molecule has 164 valence electrons. The van der Waals surface area contributed by atoms with Crippen LogP contribution in [0, 0.1) is 11.8 Å². The lowest BCUT2D eigenvalue weighted by atomic mass is 10.0. The van der Waals surface area contributed by atoms with Crippen molar-refractivity contribution in [3.63, 3.8) is 0 Å². The number of hydrogen-bond donors (Lipinski definition) is 3. The molecule has 1 fully saturated rings. The molecule has 0 bridgehead atoms. The molecular formula is C25H25N3O3S. The molecule has 0 heterocycles. The number of ether oxygens (including phenoxy) is 1. The largest absolute Gasteiger partial charge is 0.494 e. The van der Waals surface area contributed by atoms with Gasteiger partial charge in [0.2, 0.25) is 0 Å². The van der Waals surface area contributed by atoms with Gasteiger partial charge in [-0.2, -0.15) is 0 Å². The van der Waals surface area contributed by atoms with Gasteiger partial charge in [0.15, 0.2) is 0 Å². The summed E-state index contributed by atoms with van der Waals surface area (Å²) >= 11 is 0. The van der Waals surface area contributed by atoms with E-state index in [0.29, 0.717) is 23.0 Å². The van der Waals surface area contributed by atoms with Gasteiger partial charge in [0.05, 0.1) is 17.7 Å². The van der Waals surface area contributed by atoms with E-state index in [0.717, 1.165) is 35.2 Å². The summed E-state index contributed by atoms with van der Waals surface area (Å²) in [4.78, 5) is 0.199. The quantitative estimate of drug-likeness (QED) is 0.385. The summed E-state index contributed by atoms with van der Waals surface area (Å²) in [5, 5.41) is 2.97. The summed E-state index contributed by atoms with van der Waals surface area (Å²) in [6.45, 7) is 0. The van der Waals surface area contributed by atoms with E-state index in [-0.39, 0.29) is 4.90 Å². The Morgan fingerprint density at radius 3 is 2.19 bits per heavy atom. The molecule has 7 heteroatoms. The molecule has 0 amide bonds. The number of nitrogen functional groups attached to an aromatic ring is 1. The Labute approximate surface area is 188 Å². The third-order valence-corrected chi connectivity index (χ3v) is 6.75. The summed E-state index contributed by atoms with van der Waals surface area (Å²) in [6.07, 6.45) is 2.22. The predicted octanol–water partition coefficient (Wildman–Crippen LogP) is 4.40. The fourth-order valence-electron chi connectivity index (χ4n) is 3.51. The van der Waals surface area contributed by atoms with E-state index in [4.69, 9.17) is 10.5 Å². The van der Waals surface area contributed by atoms with Crippen LogP contribution in [0.25, 0.3) is 0 Å². The molecule has 0 atom stereocenters. The van der Waals surface area contributed by atoms with Gasteiger partial charge in [-0.3, -0.25) is 4.72 Å². The third-order valence-electron chi connectivity index (χ3n) is 5.35. The Kier molecular flexibility index (Phi) is 5.97. The first-order valence-corrected chi connectivity index (χ1v) is 11.8. The number of rotatable bonds is 6. The zero-order valence-electron chi connectivity index (χ0n) is 18.0.